The van der Waals surface area contributed by atoms with Gasteiger partial charge in [0.05, 0.1) is 20.3 Å². The molecule has 2 heterocycles. The first kappa shape index (κ1) is 17.4. The fourth-order valence-corrected chi connectivity index (χ4v) is 3.16. The molecule has 136 valence electrons. The number of piperidine rings is 1. The van der Waals surface area contributed by atoms with E-state index in [2.05, 4.69) is 5.32 Å². The highest BCUT2D eigenvalue weighted by Crippen LogP contribution is 2.30. The smallest absolute Gasteiger partial charge is 0.410 e. The molecule has 1 fully saturated rings. The third-order valence-corrected chi connectivity index (χ3v) is 4.49. The fourth-order valence-electron chi connectivity index (χ4n) is 3.16. The van der Waals surface area contributed by atoms with Crippen molar-refractivity contribution >= 4 is 12.0 Å². The van der Waals surface area contributed by atoms with E-state index >= 15 is 0 Å². The van der Waals surface area contributed by atoms with Crippen LogP contribution in [0.4, 0.5) is 4.79 Å². The Morgan fingerprint density at radius 1 is 1.20 bits per heavy atom. The summed E-state index contributed by atoms with van der Waals surface area (Å²) in [7, 11) is 1.34. The quantitative estimate of drug-likeness (QED) is 0.905. The van der Waals surface area contributed by atoms with Crippen molar-refractivity contribution in [3.63, 3.8) is 0 Å². The predicted octanol–water partition coefficient (Wildman–Crippen LogP) is 2.08. The lowest BCUT2D eigenvalue weighted by Crippen LogP contribution is -2.51. The van der Waals surface area contributed by atoms with Crippen LogP contribution in [0, 0.1) is 0 Å². The highest BCUT2D eigenvalue weighted by molar-refractivity contribution is 5.85. The number of amides is 2. The standard InChI is InChI=1S/C18H24N2O5/c1-23-18(22)20-8-3-2-5-14(20)17(21)19-12-13-6-7-15-16(11-13)25-10-4-9-24-15/h6-7,11,14H,2-5,8-10,12H2,1H3,(H,19,21). The molecule has 0 aliphatic carbocycles. The monoisotopic (exact) mass is 348 g/mol. The molecule has 1 atom stereocenters. The van der Waals surface area contributed by atoms with Crippen molar-refractivity contribution < 1.29 is 23.8 Å². The Hall–Kier alpha value is -2.44. The Balaban J connectivity index is 1.61. The minimum Gasteiger partial charge on any atom is -0.490 e. The van der Waals surface area contributed by atoms with E-state index in [9.17, 15) is 9.59 Å². The summed E-state index contributed by atoms with van der Waals surface area (Å²) in [5.74, 6) is 1.28. The van der Waals surface area contributed by atoms with E-state index in [0.29, 0.717) is 38.5 Å². The Labute approximate surface area is 147 Å². The fraction of sp³-hybridized carbons (Fsp3) is 0.556. The van der Waals surface area contributed by atoms with Gasteiger partial charge in [-0.3, -0.25) is 9.69 Å². The van der Waals surface area contributed by atoms with Crippen LogP contribution >= 0.6 is 0 Å². The molecule has 1 N–H and O–H groups in total. The zero-order valence-corrected chi connectivity index (χ0v) is 14.5. The molecule has 1 unspecified atom stereocenters. The number of ether oxygens (including phenoxy) is 3. The van der Waals surface area contributed by atoms with Crippen molar-refractivity contribution in [3.05, 3.63) is 23.8 Å². The van der Waals surface area contributed by atoms with E-state index in [-0.39, 0.29) is 5.91 Å². The number of likely N-dealkylation sites (tertiary alicyclic amines) is 1. The van der Waals surface area contributed by atoms with Crippen LogP contribution in [-0.4, -0.2) is 49.8 Å². The third-order valence-electron chi connectivity index (χ3n) is 4.49. The second-order valence-corrected chi connectivity index (χ2v) is 6.22. The summed E-state index contributed by atoms with van der Waals surface area (Å²) in [6, 6.07) is 5.19. The lowest BCUT2D eigenvalue weighted by molar-refractivity contribution is -0.127. The van der Waals surface area contributed by atoms with Crippen molar-refractivity contribution in [2.24, 2.45) is 0 Å². The number of hydrogen-bond donors (Lipinski definition) is 1. The highest BCUT2D eigenvalue weighted by atomic mass is 16.5. The lowest BCUT2D eigenvalue weighted by atomic mass is 10.0. The van der Waals surface area contributed by atoms with Crippen LogP contribution < -0.4 is 14.8 Å². The molecule has 0 spiro atoms. The zero-order valence-electron chi connectivity index (χ0n) is 14.5. The summed E-state index contributed by atoms with van der Waals surface area (Å²) in [4.78, 5) is 25.9. The van der Waals surface area contributed by atoms with Crippen LogP contribution in [0.2, 0.25) is 0 Å². The average molecular weight is 348 g/mol. The first-order valence-electron chi connectivity index (χ1n) is 8.70. The van der Waals surface area contributed by atoms with E-state index in [4.69, 9.17) is 14.2 Å². The van der Waals surface area contributed by atoms with Crippen molar-refractivity contribution in [2.75, 3.05) is 26.9 Å². The van der Waals surface area contributed by atoms with Gasteiger partial charge in [0.25, 0.3) is 0 Å². The Morgan fingerprint density at radius 3 is 2.80 bits per heavy atom. The van der Waals surface area contributed by atoms with E-state index in [1.54, 1.807) is 0 Å². The van der Waals surface area contributed by atoms with Crippen molar-refractivity contribution in [1.29, 1.82) is 0 Å². The molecule has 7 heteroatoms. The molecule has 0 bridgehead atoms. The topological polar surface area (TPSA) is 77.1 Å². The molecular formula is C18H24N2O5. The van der Waals surface area contributed by atoms with Gasteiger partial charge in [0.15, 0.2) is 11.5 Å². The minimum absolute atomic E-state index is 0.155. The molecule has 25 heavy (non-hydrogen) atoms. The lowest BCUT2D eigenvalue weighted by Gasteiger charge is -2.33. The van der Waals surface area contributed by atoms with Crippen molar-refractivity contribution in [2.45, 2.75) is 38.3 Å². The second kappa shape index (κ2) is 8.09. The maximum Gasteiger partial charge on any atom is 0.410 e. The molecule has 1 aromatic rings. The van der Waals surface area contributed by atoms with Crippen LogP contribution in [-0.2, 0) is 16.1 Å². The number of carbonyl (C=O) groups excluding carboxylic acids is 2. The van der Waals surface area contributed by atoms with Crippen molar-refractivity contribution in [1.82, 2.24) is 10.2 Å². The van der Waals surface area contributed by atoms with Crippen molar-refractivity contribution in [3.8, 4) is 11.5 Å². The van der Waals surface area contributed by atoms with E-state index in [1.165, 1.54) is 12.0 Å². The summed E-state index contributed by atoms with van der Waals surface area (Å²) in [5, 5.41) is 2.92. The van der Waals surface area contributed by atoms with Gasteiger partial charge in [-0.05, 0) is 37.0 Å². The van der Waals surface area contributed by atoms with Crippen LogP contribution in [0.15, 0.2) is 18.2 Å². The van der Waals surface area contributed by atoms with Crippen LogP contribution in [0.5, 0.6) is 11.5 Å². The molecule has 3 rings (SSSR count). The Kier molecular flexibility index (Phi) is 5.63. The zero-order chi connectivity index (χ0) is 17.6. The summed E-state index contributed by atoms with van der Waals surface area (Å²) in [5.41, 5.74) is 0.929. The van der Waals surface area contributed by atoms with Gasteiger partial charge in [-0.1, -0.05) is 6.07 Å². The number of hydrogen-bond acceptors (Lipinski definition) is 5. The van der Waals surface area contributed by atoms with Gasteiger partial charge >= 0.3 is 6.09 Å². The third kappa shape index (κ3) is 4.15. The van der Waals surface area contributed by atoms with Gasteiger partial charge in [-0.2, -0.15) is 0 Å². The van der Waals surface area contributed by atoms with E-state index < -0.39 is 12.1 Å². The SMILES string of the molecule is COC(=O)N1CCCCC1C(=O)NCc1ccc2c(c1)OCCCO2. The summed E-state index contributed by atoms with van der Waals surface area (Å²) in [6.07, 6.45) is 2.88. The van der Waals surface area contributed by atoms with Crippen LogP contribution in [0.3, 0.4) is 0 Å². The number of fused-ring (bicyclic) bond motifs is 1. The first-order valence-corrected chi connectivity index (χ1v) is 8.70. The minimum atomic E-state index is -0.471. The normalized spacial score (nSPS) is 19.7. The molecule has 0 radical (unpaired) electrons. The van der Waals surface area contributed by atoms with Crippen LogP contribution in [0.1, 0.15) is 31.2 Å². The van der Waals surface area contributed by atoms with Gasteiger partial charge in [0, 0.05) is 19.5 Å². The summed E-state index contributed by atoms with van der Waals surface area (Å²) < 4.78 is 16.1. The van der Waals surface area contributed by atoms with Gasteiger partial charge in [-0.15, -0.1) is 0 Å². The second-order valence-electron chi connectivity index (χ2n) is 6.22. The van der Waals surface area contributed by atoms with Gasteiger partial charge < -0.3 is 19.5 Å². The number of benzene rings is 1. The van der Waals surface area contributed by atoms with Gasteiger partial charge in [0.2, 0.25) is 5.91 Å². The van der Waals surface area contributed by atoms with Gasteiger partial charge in [0.1, 0.15) is 6.04 Å². The molecule has 2 amide bonds. The molecular weight excluding hydrogens is 324 g/mol. The largest absolute Gasteiger partial charge is 0.490 e. The Bertz CT molecular complexity index is 634. The molecule has 7 nitrogen and oxygen atoms in total. The maximum atomic E-state index is 12.5. The number of methoxy groups -OCH3 is 1. The molecule has 2 aliphatic heterocycles. The molecule has 0 aromatic heterocycles. The predicted molar refractivity (Wildman–Crippen MR) is 90.6 cm³/mol. The summed E-state index contributed by atoms with van der Waals surface area (Å²) >= 11 is 0. The maximum absolute atomic E-state index is 12.5. The molecule has 0 saturated carbocycles. The molecule has 2 aliphatic rings. The first-order chi connectivity index (χ1) is 12.2. The number of rotatable bonds is 3. The average Bonchev–Trinajstić information content (AvgIpc) is 2.90. The number of nitrogens with one attached hydrogen (secondary N) is 1. The van der Waals surface area contributed by atoms with Gasteiger partial charge in [-0.25, -0.2) is 4.79 Å². The number of carbonyl (C=O) groups is 2. The van der Waals surface area contributed by atoms with E-state index in [1.807, 2.05) is 18.2 Å². The summed E-state index contributed by atoms with van der Waals surface area (Å²) in [6.45, 7) is 2.20. The Morgan fingerprint density at radius 2 is 2.00 bits per heavy atom. The highest BCUT2D eigenvalue weighted by Gasteiger charge is 2.32. The van der Waals surface area contributed by atoms with E-state index in [0.717, 1.165) is 30.6 Å². The molecule has 1 saturated heterocycles. The van der Waals surface area contributed by atoms with Crippen LogP contribution in [0.25, 0.3) is 0 Å². The number of nitrogens with zero attached hydrogens (tertiary/aromatic N) is 1. The molecule has 1 aromatic carbocycles.